The molecule has 30 heavy (non-hydrogen) atoms. The van der Waals surface area contributed by atoms with E-state index in [1.54, 1.807) is 24.5 Å². The molecular formula is C21H26N2O6S. The predicted molar refractivity (Wildman–Crippen MR) is 112 cm³/mol. The Morgan fingerprint density at radius 1 is 1.17 bits per heavy atom. The van der Waals surface area contributed by atoms with Crippen molar-refractivity contribution in [3.05, 3.63) is 45.6 Å². The van der Waals surface area contributed by atoms with Crippen LogP contribution in [0.4, 0.5) is 0 Å². The summed E-state index contributed by atoms with van der Waals surface area (Å²) >= 11 is 1.57. The molecule has 0 bridgehead atoms. The number of nitrogens with zero attached hydrogens (tertiary/aromatic N) is 1. The van der Waals surface area contributed by atoms with Crippen molar-refractivity contribution in [3.8, 4) is 11.5 Å². The SMILES string of the molecule is COc1cc2c(cc1OC)CN(C(=O)C(O)C(O)C(=O)NCCc1cccs1)CC2. The normalized spacial score (nSPS) is 15.1. The fraction of sp³-hybridized carbons (Fsp3) is 0.429. The minimum absolute atomic E-state index is 0.248. The molecule has 162 valence electrons. The summed E-state index contributed by atoms with van der Waals surface area (Å²) in [5.41, 5.74) is 1.90. The second-order valence-corrected chi connectivity index (χ2v) is 8.03. The van der Waals surface area contributed by atoms with Gasteiger partial charge in [-0.3, -0.25) is 9.59 Å². The van der Waals surface area contributed by atoms with Crippen LogP contribution in [0.5, 0.6) is 11.5 Å². The first-order valence-electron chi connectivity index (χ1n) is 9.63. The van der Waals surface area contributed by atoms with Crippen LogP contribution in [-0.2, 0) is 29.0 Å². The molecule has 0 saturated carbocycles. The molecule has 2 unspecified atom stereocenters. The maximum absolute atomic E-state index is 12.7. The fourth-order valence-corrected chi connectivity index (χ4v) is 4.11. The number of hydrogen-bond acceptors (Lipinski definition) is 7. The molecule has 0 spiro atoms. The summed E-state index contributed by atoms with van der Waals surface area (Å²) in [5.74, 6) is -0.283. The van der Waals surface area contributed by atoms with E-state index in [2.05, 4.69) is 5.32 Å². The number of aliphatic hydroxyl groups is 2. The van der Waals surface area contributed by atoms with E-state index in [1.165, 1.54) is 12.0 Å². The molecule has 2 heterocycles. The van der Waals surface area contributed by atoms with Gasteiger partial charge in [-0.1, -0.05) is 6.07 Å². The first-order chi connectivity index (χ1) is 14.4. The van der Waals surface area contributed by atoms with Crippen LogP contribution in [0, 0.1) is 0 Å². The van der Waals surface area contributed by atoms with Gasteiger partial charge in [0.05, 0.1) is 14.2 Å². The Hall–Kier alpha value is -2.62. The smallest absolute Gasteiger partial charge is 0.255 e. The molecule has 0 radical (unpaired) electrons. The standard InChI is InChI=1S/C21H26N2O6S/c1-28-16-10-13-6-8-23(12-14(13)11-17(16)29-2)21(27)19(25)18(24)20(26)22-7-5-15-4-3-9-30-15/h3-4,9-11,18-19,24-25H,5-8,12H2,1-2H3,(H,22,26). The van der Waals surface area contributed by atoms with Gasteiger partial charge in [0.2, 0.25) is 0 Å². The van der Waals surface area contributed by atoms with E-state index in [0.29, 0.717) is 37.4 Å². The highest BCUT2D eigenvalue weighted by molar-refractivity contribution is 7.09. The minimum Gasteiger partial charge on any atom is -0.493 e. The zero-order valence-corrected chi connectivity index (χ0v) is 17.8. The van der Waals surface area contributed by atoms with Crippen LogP contribution >= 0.6 is 11.3 Å². The summed E-state index contributed by atoms with van der Waals surface area (Å²) in [6.45, 7) is 0.930. The van der Waals surface area contributed by atoms with Gasteiger partial charge in [0.25, 0.3) is 11.8 Å². The van der Waals surface area contributed by atoms with Crippen molar-refractivity contribution in [3.63, 3.8) is 0 Å². The summed E-state index contributed by atoms with van der Waals surface area (Å²) in [5, 5.41) is 24.9. The number of carbonyl (C=O) groups excluding carboxylic acids is 2. The van der Waals surface area contributed by atoms with E-state index in [4.69, 9.17) is 9.47 Å². The van der Waals surface area contributed by atoms with Gasteiger partial charge in [0.1, 0.15) is 0 Å². The van der Waals surface area contributed by atoms with Crippen molar-refractivity contribution in [2.75, 3.05) is 27.3 Å². The van der Waals surface area contributed by atoms with E-state index >= 15 is 0 Å². The van der Waals surface area contributed by atoms with Crippen molar-refractivity contribution >= 4 is 23.2 Å². The monoisotopic (exact) mass is 434 g/mol. The van der Waals surface area contributed by atoms with Gasteiger partial charge in [-0.2, -0.15) is 0 Å². The Kier molecular flexibility index (Phi) is 7.30. The Morgan fingerprint density at radius 3 is 2.50 bits per heavy atom. The van der Waals surface area contributed by atoms with Crippen molar-refractivity contribution in [2.24, 2.45) is 0 Å². The Balaban J connectivity index is 1.58. The van der Waals surface area contributed by atoms with E-state index < -0.39 is 24.0 Å². The van der Waals surface area contributed by atoms with Gasteiger partial charge >= 0.3 is 0 Å². The largest absolute Gasteiger partial charge is 0.493 e. The molecule has 1 aromatic heterocycles. The number of thiophene rings is 1. The van der Waals surface area contributed by atoms with E-state index in [-0.39, 0.29) is 6.54 Å². The predicted octanol–water partition coefficient (Wildman–Crippen LogP) is 0.731. The van der Waals surface area contributed by atoms with Gasteiger partial charge < -0.3 is 29.9 Å². The summed E-state index contributed by atoms with van der Waals surface area (Å²) in [7, 11) is 3.10. The molecule has 1 aromatic carbocycles. The number of aliphatic hydroxyl groups excluding tert-OH is 2. The molecule has 0 saturated heterocycles. The zero-order chi connectivity index (χ0) is 21.7. The van der Waals surface area contributed by atoms with Crippen molar-refractivity contribution in [2.45, 2.75) is 31.6 Å². The zero-order valence-electron chi connectivity index (χ0n) is 17.0. The number of nitrogens with one attached hydrogen (secondary N) is 1. The second-order valence-electron chi connectivity index (χ2n) is 7.00. The fourth-order valence-electron chi connectivity index (χ4n) is 3.41. The Bertz CT molecular complexity index is 886. The number of fused-ring (bicyclic) bond motifs is 1. The van der Waals surface area contributed by atoms with Crippen LogP contribution in [0.1, 0.15) is 16.0 Å². The lowest BCUT2D eigenvalue weighted by Gasteiger charge is -2.31. The van der Waals surface area contributed by atoms with Crippen LogP contribution in [0.3, 0.4) is 0 Å². The maximum Gasteiger partial charge on any atom is 0.255 e. The quantitative estimate of drug-likeness (QED) is 0.565. The first-order valence-corrected chi connectivity index (χ1v) is 10.5. The molecule has 0 fully saturated rings. The molecule has 2 atom stereocenters. The molecule has 9 heteroatoms. The van der Waals surface area contributed by atoms with Crippen LogP contribution < -0.4 is 14.8 Å². The van der Waals surface area contributed by atoms with Crippen LogP contribution in [0.2, 0.25) is 0 Å². The average Bonchev–Trinajstić information content (AvgIpc) is 3.29. The first kappa shape index (κ1) is 22.1. The lowest BCUT2D eigenvalue weighted by molar-refractivity contribution is -0.153. The lowest BCUT2D eigenvalue weighted by Crippen LogP contribution is -2.51. The highest BCUT2D eigenvalue weighted by atomic mass is 32.1. The lowest BCUT2D eigenvalue weighted by atomic mass is 9.98. The van der Waals surface area contributed by atoms with Crippen molar-refractivity contribution < 1.29 is 29.3 Å². The topological polar surface area (TPSA) is 108 Å². The molecule has 1 aliphatic heterocycles. The highest BCUT2D eigenvalue weighted by Gasteiger charge is 2.34. The van der Waals surface area contributed by atoms with Gasteiger partial charge in [-0.15, -0.1) is 11.3 Å². The molecule has 8 nitrogen and oxygen atoms in total. The van der Waals surface area contributed by atoms with Crippen LogP contribution in [0.25, 0.3) is 0 Å². The van der Waals surface area contributed by atoms with Gasteiger partial charge in [0, 0.05) is 24.5 Å². The highest BCUT2D eigenvalue weighted by Crippen LogP contribution is 2.33. The van der Waals surface area contributed by atoms with Crippen LogP contribution in [0.15, 0.2) is 29.6 Å². The molecular weight excluding hydrogens is 408 g/mol. The van der Waals surface area contributed by atoms with Crippen molar-refractivity contribution in [1.82, 2.24) is 10.2 Å². The van der Waals surface area contributed by atoms with Gasteiger partial charge in [-0.05, 0) is 47.5 Å². The molecule has 2 aromatic rings. The molecule has 3 N–H and O–H groups in total. The number of rotatable bonds is 8. The number of carbonyl (C=O) groups is 2. The summed E-state index contributed by atoms with van der Waals surface area (Å²) in [4.78, 5) is 27.3. The molecule has 3 rings (SSSR count). The van der Waals surface area contributed by atoms with E-state index in [1.807, 2.05) is 23.6 Å². The summed E-state index contributed by atoms with van der Waals surface area (Å²) < 4.78 is 10.6. The van der Waals surface area contributed by atoms with E-state index in [9.17, 15) is 19.8 Å². The molecule has 2 amide bonds. The average molecular weight is 435 g/mol. The van der Waals surface area contributed by atoms with Crippen molar-refractivity contribution in [1.29, 1.82) is 0 Å². The number of ether oxygens (including phenoxy) is 2. The van der Waals surface area contributed by atoms with Crippen LogP contribution in [-0.4, -0.2) is 66.4 Å². The third-order valence-corrected chi connectivity index (χ3v) is 6.04. The Labute approximate surface area is 179 Å². The van der Waals surface area contributed by atoms with E-state index in [0.717, 1.165) is 16.0 Å². The molecule has 0 aliphatic carbocycles. The summed E-state index contributed by atoms with van der Waals surface area (Å²) in [6.07, 6.45) is -2.47. The number of benzene rings is 1. The summed E-state index contributed by atoms with van der Waals surface area (Å²) in [6, 6.07) is 7.54. The molecule has 1 aliphatic rings. The second kappa shape index (κ2) is 9.92. The van der Waals surface area contributed by atoms with Gasteiger partial charge in [-0.25, -0.2) is 0 Å². The Morgan fingerprint density at radius 2 is 1.87 bits per heavy atom. The third kappa shape index (κ3) is 4.92. The number of hydrogen-bond donors (Lipinski definition) is 3. The third-order valence-electron chi connectivity index (χ3n) is 5.10. The maximum atomic E-state index is 12.7. The minimum atomic E-state index is -1.83. The number of methoxy groups -OCH3 is 2. The number of amides is 2. The van der Waals surface area contributed by atoms with Gasteiger partial charge in [0.15, 0.2) is 23.7 Å².